The van der Waals surface area contributed by atoms with Crippen molar-refractivity contribution in [1.82, 2.24) is 0 Å². The molecular formula is C2FP. The Morgan fingerprint density at radius 1 is 1.75 bits per heavy atom. The van der Waals surface area contributed by atoms with E-state index in [4.69, 9.17) is 0 Å². The summed E-state index contributed by atoms with van der Waals surface area (Å²) in [5.41, 5.74) is 1.71. The fraction of sp³-hybridized carbons (Fsp3) is 0. The Labute approximate surface area is 26.5 Å². The van der Waals surface area contributed by atoms with Gasteiger partial charge in [0.1, 0.15) is 0 Å². The second-order valence-electron chi connectivity index (χ2n) is 0.206. The molecular weight excluding hydrogens is 74.0 g/mol. The molecule has 0 bridgehead atoms. The van der Waals surface area contributed by atoms with Crippen LogP contribution in [0.2, 0.25) is 0 Å². The summed E-state index contributed by atoms with van der Waals surface area (Å²) in [7, 11) is 3.18. The van der Waals surface area contributed by atoms with Crippen LogP contribution in [0.5, 0.6) is 0 Å². The van der Waals surface area contributed by atoms with Gasteiger partial charge in [-0.25, -0.2) is 0 Å². The van der Waals surface area contributed by atoms with Crippen molar-refractivity contribution < 1.29 is 4.39 Å². The van der Waals surface area contributed by atoms with Crippen molar-refractivity contribution in [1.29, 1.82) is 0 Å². The molecule has 0 saturated heterocycles. The molecule has 2 radical (unpaired) electrons. The topological polar surface area (TPSA) is 0 Å². The van der Waals surface area contributed by atoms with Crippen molar-refractivity contribution >= 4 is 8.70 Å². The van der Waals surface area contributed by atoms with Gasteiger partial charge < -0.3 is 0 Å². The molecule has 0 N–H and O–H groups in total. The van der Waals surface area contributed by atoms with E-state index in [0.717, 1.165) is 6.67 Å². The van der Waals surface area contributed by atoms with Crippen LogP contribution in [-0.4, -0.2) is 0 Å². The predicted molar refractivity (Wildman–Crippen MR) is 15.2 cm³/mol. The summed E-state index contributed by atoms with van der Waals surface area (Å²) in [5, 5.41) is 0. The Bertz CT molecular complexity index is 35.8. The van der Waals surface area contributed by atoms with E-state index in [-0.39, 0.29) is 0 Å². The molecule has 0 aromatic rings. The van der Waals surface area contributed by atoms with Crippen LogP contribution in [0.15, 0.2) is 0 Å². The molecule has 0 aromatic carbocycles. The van der Waals surface area contributed by atoms with Gasteiger partial charge in [0.05, 0.1) is 0 Å². The van der Waals surface area contributed by atoms with Gasteiger partial charge in [0, 0.05) is 0 Å². The molecule has 4 heavy (non-hydrogen) atoms. The molecule has 0 nitrogen and oxygen atoms in total. The number of rotatable bonds is 0. The van der Waals surface area contributed by atoms with Crippen molar-refractivity contribution in [2.24, 2.45) is 0 Å². The number of hydrogen-bond donors (Lipinski definition) is 0. The zero-order valence-corrected chi connectivity index (χ0v) is 2.72. The second-order valence-corrected chi connectivity index (χ2v) is 0.430. The van der Waals surface area contributed by atoms with Gasteiger partial charge in [0.2, 0.25) is 0 Å². The molecule has 0 saturated carbocycles. The van der Waals surface area contributed by atoms with E-state index in [9.17, 15) is 4.39 Å². The minimum absolute atomic E-state index is 1.04. The second kappa shape index (κ2) is 3.14. The molecule has 0 fully saturated rings. The molecule has 0 spiro atoms. The van der Waals surface area contributed by atoms with Crippen LogP contribution >= 0.6 is 8.70 Å². The van der Waals surface area contributed by atoms with Gasteiger partial charge in [-0.15, -0.1) is 0 Å². The van der Waals surface area contributed by atoms with Gasteiger partial charge in [-0.2, -0.15) is 0 Å². The molecule has 20 valence electrons. The van der Waals surface area contributed by atoms with Crippen molar-refractivity contribution in [2.45, 2.75) is 0 Å². The van der Waals surface area contributed by atoms with Crippen molar-refractivity contribution in [3.8, 4) is 5.63 Å². The van der Waals surface area contributed by atoms with Crippen LogP contribution in [0.25, 0.3) is 0 Å². The van der Waals surface area contributed by atoms with Crippen molar-refractivity contribution in [2.75, 3.05) is 0 Å². The molecule has 0 heterocycles. The maximum absolute atomic E-state index is 10.3. The third-order valence-corrected chi connectivity index (χ3v) is 0.127. The summed E-state index contributed by atoms with van der Waals surface area (Å²) in [6.07, 6.45) is 0. The Balaban J connectivity index is 2.43. The first kappa shape index (κ1) is 4.14. The molecule has 2 heteroatoms. The first-order chi connectivity index (χ1) is 1.91. The van der Waals surface area contributed by atoms with Crippen LogP contribution in [0.3, 0.4) is 0 Å². The quantitative estimate of drug-likeness (QED) is 0.380. The number of halogens is 1. The average molecular weight is 74.0 g/mol. The van der Waals surface area contributed by atoms with Gasteiger partial charge in [0.15, 0.2) is 0 Å². The summed E-state index contributed by atoms with van der Waals surface area (Å²) in [4.78, 5) is 0. The summed E-state index contributed by atoms with van der Waals surface area (Å²) < 4.78 is 10.3. The molecule has 0 aliphatic heterocycles. The van der Waals surface area contributed by atoms with E-state index in [1.165, 1.54) is 0 Å². The molecule has 0 aliphatic rings. The summed E-state index contributed by atoms with van der Waals surface area (Å²) in [6.45, 7) is 1.04. The molecule has 0 aromatic heterocycles. The average Bonchev–Trinajstić information content (AvgIpc) is 1.37. The molecule has 0 aliphatic carbocycles. The first-order valence-electron chi connectivity index (χ1n) is 0.663. The Morgan fingerprint density at radius 3 is 2.00 bits per heavy atom. The SMILES string of the molecule is F[C]C#P. The summed E-state index contributed by atoms with van der Waals surface area (Å²) in [6, 6.07) is 0. The normalized spacial score (nSPS) is 5.00. The van der Waals surface area contributed by atoms with E-state index in [0.29, 0.717) is 0 Å². The van der Waals surface area contributed by atoms with Gasteiger partial charge in [0.25, 0.3) is 0 Å². The van der Waals surface area contributed by atoms with E-state index >= 15 is 0 Å². The van der Waals surface area contributed by atoms with Crippen molar-refractivity contribution in [3.63, 3.8) is 0 Å². The van der Waals surface area contributed by atoms with Crippen LogP contribution in [-0.2, 0) is 0 Å². The van der Waals surface area contributed by atoms with Crippen LogP contribution in [0.1, 0.15) is 0 Å². The molecule has 0 atom stereocenters. The monoisotopic (exact) mass is 74.0 g/mol. The Kier molecular flexibility index (Phi) is 3.25. The first-order valence-corrected chi connectivity index (χ1v) is 1.11. The zero-order chi connectivity index (χ0) is 3.41. The molecule has 0 rings (SSSR count). The third kappa shape index (κ3) is 2.14. The van der Waals surface area contributed by atoms with Crippen LogP contribution in [0, 0.1) is 12.3 Å². The summed E-state index contributed by atoms with van der Waals surface area (Å²) in [5.74, 6) is 0. The standard InChI is InChI=1S/C2FP/c3-1-2-4. The van der Waals surface area contributed by atoms with Gasteiger partial charge >= 0.3 is 25.4 Å². The molecule has 0 unspecified atom stereocenters. The summed E-state index contributed by atoms with van der Waals surface area (Å²) >= 11 is 0. The zero-order valence-electron chi connectivity index (χ0n) is 1.83. The predicted octanol–water partition coefficient (Wildman–Crippen LogP) is 1.36. The van der Waals surface area contributed by atoms with Gasteiger partial charge in [-0.05, 0) is 0 Å². The van der Waals surface area contributed by atoms with E-state index < -0.39 is 0 Å². The third-order valence-electron chi connectivity index (χ3n) is 0.0423. The molecule has 0 amide bonds. The van der Waals surface area contributed by atoms with E-state index in [1.54, 1.807) is 5.63 Å². The minimum atomic E-state index is 1.04. The van der Waals surface area contributed by atoms with Crippen molar-refractivity contribution in [3.05, 3.63) is 6.67 Å². The fourth-order valence-electron chi connectivity index (χ4n) is 0. The number of hydrogen-bond acceptors (Lipinski definition) is 0. The van der Waals surface area contributed by atoms with Gasteiger partial charge in [-0.3, -0.25) is 0 Å². The van der Waals surface area contributed by atoms with Crippen LogP contribution in [0.4, 0.5) is 4.39 Å². The Hall–Kier alpha value is 0.140. The van der Waals surface area contributed by atoms with Gasteiger partial charge in [-0.1, -0.05) is 0 Å². The van der Waals surface area contributed by atoms with E-state index in [2.05, 4.69) is 8.70 Å². The van der Waals surface area contributed by atoms with E-state index in [1.807, 2.05) is 0 Å². The maximum atomic E-state index is 10.3. The Morgan fingerprint density at radius 2 is 2.00 bits per heavy atom. The fourth-order valence-corrected chi connectivity index (χ4v) is 0. The van der Waals surface area contributed by atoms with Crippen LogP contribution < -0.4 is 0 Å².